The monoisotopic (exact) mass is 318 g/mol. The fourth-order valence-electron chi connectivity index (χ4n) is 3.40. The van der Waals surface area contributed by atoms with Crippen LogP contribution in [0.1, 0.15) is 31.2 Å². The molecule has 0 radical (unpaired) electrons. The van der Waals surface area contributed by atoms with Gasteiger partial charge in [-0.3, -0.25) is 4.79 Å². The van der Waals surface area contributed by atoms with Gasteiger partial charge in [0.05, 0.1) is 11.5 Å². The van der Waals surface area contributed by atoms with E-state index in [1.54, 1.807) is 12.1 Å². The lowest BCUT2D eigenvalue weighted by Gasteiger charge is -2.41. The number of halogens is 1. The van der Waals surface area contributed by atoms with Crippen LogP contribution in [0.15, 0.2) is 18.3 Å². The Morgan fingerprint density at radius 3 is 3.00 bits per heavy atom. The summed E-state index contributed by atoms with van der Waals surface area (Å²) in [6, 6.07) is 5.81. The minimum atomic E-state index is -0.0549. The van der Waals surface area contributed by atoms with E-state index < -0.39 is 0 Å². The average Bonchev–Trinajstić information content (AvgIpc) is 2.54. The number of nitriles is 1. The molecule has 2 heterocycles. The highest BCUT2D eigenvalue weighted by atomic mass is 35.5. The number of carbonyl (C=O) groups is 1. The van der Waals surface area contributed by atoms with Crippen molar-refractivity contribution in [2.24, 2.45) is 11.8 Å². The molecular weight excluding hydrogens is 300 g/mol. The van der Waals surface area contributed by atoms with Crippen molar-refractivity contribution in [1.29, 1.82) is 5.26 Å². The second kappa shape index (κ2) is 6.53. The zero-order valence-corrected chi connectivity index (χ0v) is 13.0. The summed E-state index contributed by atoms with van der Waals surface area (Å²) in [5.74, 6) is 1.23. The zero-order chi connectivity index (χ0) is 15.5. The van der Waals surface area contributed by atoms with Gasteiger partial charge in [0.15, 0.2) is 0 Å². The van der Waals surface area contributed by atoms with E-state index in [1.807, 2.05) is 6.07 Å². The lowest BCUT2D eigenvalue weighted by Crippen LogP contribution is -2.53. The molecule has 1 aromatic rings. The molecular formula is C16H19ClN4O. The van der Waals surface area contributed by atoms with Gasteiger partial charge >= 0.3 is 0 Å². The standard InChI is InChI=1S/C16H19ClN4O/c17-13-2-3-14-11(6-13)5-12(16(22)21-14)9-20-15-4-1-10(7-18)8-19-15/h1,4,8,11-14H,2-3,5-6,9H2,(H,19,20)(H,21,22). The number of aromatic nitrogens is 1. The number of fused-ring (bicyclic) bond motifs is 1. The number of alkyl halides is 1. The normalized spacial score (nSPS) is 30.8. The summed E-state index contributed by atoms with van der Waals surface area (Å²) in [6.45, 7) is 0.556. The smallest absolute Gasteiger partial charge is 0.225 e. The van der Waals surface area contributed by atoms with E-state index in [9.17, 15) is 4.79 Å². The Labute approximate surface area is 135 Å². The molecule has 4 atom stereocenters. The first-order chi connectivity index (χ1) is 10.7. The number of nitrogens with zero attached hydrogens (tertiary/aromatic N) is 2. The molecule has 2 fully saturated rings. The Morgan fingerprint density at radius 2 is 2.27 bits per heavy atom. The van der Waals surface area contributed by atoms with Gasteiger partial charge in [-0.05, 0) is 43.7 Å². The molecule has 2 aliphatic rings. The molecule has 1 aliphatic carbocycles. The third kappa shape index (κ3) is 3.33. The zero-order valence-electron chi connectivity index (χ0n) is 12.3. The highest BCUT2D eigenvalue weighted by Gasteiger charge is 2.38. The van der Waals surface area contributed by atoms with E-state index in [4.69, 9.17) is 16.9 Å². The Hall–Kier alpha value is -1.80. The van der Waals surface area contributed by atoms with Crippen molar-refractivity contribution < 1.29 is 4.79 Å². The average molecular weight is 319 g/mol. The fraction of sp³-hybridized carbons (Fsp3) is 0.562. The first-order valence-electron chi connectivity index (χ1n) is 7.70. The maximum Gasteiger partial charge on any atom is 0.225 e. The first-order valence-corrected chi connectivity index (χ1v) is 8.14. The van der Waals surface area contributed by atoms with Gasteiger partial charge in [0.25, 0.3) is 0 Å². The second-order valence-corrected chi connectivity index (χ2v) is 6.76. The molecule has 1 saturated heterocycles. The van der Waals surface area contributed by atoms with Crippen molar-refractivity contribution in [3.63, 3.8) is 0 Å². The van der Waals surface area contributed by atoms with E-state index in [1.165, 1.54) is 6.20 Å². The molecule has 1 saturated carbocycles. The third-order valence-electron chi connectivity index (χ3n) is 4.63. The minimum Gasteiger partial charge on any atom is -0.369 e. The highest BCUT2D eigenvalue weighted by molar-refractivity contribution is 6.20. The lowest BCUT2D eigenvalue weighted by atomic mass is 9.75. The molecule has 5 nitrogen and oxygen atoms in total. The molecule has 2 N–H and O–H groups in total. The van der Waals surface area contributed by atoms with Crippen LogP contribution in [-0.4, -0.2) is 28.9 Å². The van der Waals surface area contributed by atoms with Crippen molar-refractivity contribution in [3.8, 4) is 6.07 Å². The Bertz CT molecular complexity index is 583. The molecule has 1 aromatic heterocycles. The summed E-state index contributed by atoms with van der Waals surface area (Å²) in [4.78, 5) is 16.4. The summed E-state index contributed by atoms with van der Waals surface area (Å²) in [5, 5.41) is 15.3. The van der Waals surface area contributed by atoms with Crippen LogP contribution in [0.4, 0.5) is 5.82 Å². The van der Waals surface area contributed by atoms with Crippen LogP contribution in [0.3, 0.4) is 0 Å². The van der Waals surface area contributed by atoms with Crippen molar-refractivity contribution in [3.05, 3.63) is 23.9 Å². The van der Waals surface area contributed by atoms with E-state index in [-0.39, 0.29) is 17.2 Å². The highest BCUT2D eigenvalue weighted by Crippen LogP contribution is 2.35. The summed E-state index contributed by atoms with van der Waals surface area (Å²) >= 11 is 6.26. The van der Waals surface area contributed by atoms with Crippen LogP contribution in [0.5, 0.6) is 0 Å². The van der Waals surface area contributed by atoms with E-state index in [0.717, 1.165) is 25.7 Å². The number of amides is 1. The molecule has 0 aromatic carbocycles. The predicted octanol–water partition coefficient (Wildman–Crippen LogP) is 2.28. The number of hydrogen-bond acceptors (Lipinski definition) is 4. The molecule has 116 valence electrons. The maximum absolute atomic E-state index is 12.2. The Kier molecular flexibility index (Phi) is 4.49. The molecule has 6 heteroatoms. The third-order valence-corrected chi connectivity index (χ3v) is 5.02. The summed E-state index contributed by atoms with van der Waals surface area (Å²) < 4.78 is 0. The molecule has 4 unspecified atom stereocenters. The van der Waals surface area contributed by atoms with Gasteiger partial charge in [-0.1, -0.05) is 0 Å². The molecule has 3 rings (SSSR count). The van der Waals surface area contributed by atoms with Crippen molar-refractivity contribution in [2.45, 2.75) is 37.1 Å². The summed E-state index contributed by atoms with van der Waals surface area (Å²) in [6.07, 6.45) is 5.36. The SMILES string of the molecule is N#Cc1ccc(NCC2CC3CC(Cl)CCC3NC2=O)nc1. The van der Waals surface area contributed by atoms with Crippen LogP contribution in [0.25, 0.3) is 0 Å². The minimum absolute atomic E-state index is 0.0549. The van der Waals surface area contributed by atoms with Crippen LogP contribution in [-0.2, 0) is 4.79 Å². The van der Waals surface area contributed by atoms with Gasteiger partial charge in [0.1, 0.15) is 11.9 Å². The number of rotatable bonds is 3. The number of nitrogens with one attached hydrogen (secondary N) is 2. The van der Waals surface area contributed by atoms with Gasteiger partial charge in [-0.25, -0.2) is 4.98 Å². The van der Waals surface area contributed by atoms with Crippen LogP contribution in [0.2, 0.25) is 0 Å². The predicted molar refractivity (Wildman–Crippen MR) is 84.5 cm³/mol. The van der Waals surface area contributed by atoms with Gasteiger partial charge < -0.3 is 10.6 Å². The van der Waals surface area contributed by atoms with Gasteiger partial charge in [-0.2, -0.15) is 5.26 Å². The summed E-state index contributed by atoms with van der Waals surface area (Å²) in [7, 11) is 0. The molecule has 1 aliphatic heterocycles. The second-order valence-electron chi connectivity index (χ2n) is 6.14. The van der Waals surface area contributed by atoms with Crippen LogP contribution >= 0.6 is 11.6 Å². The lowest BCUT2D eigenvalue weighted by molar-refractivity contribution is -0.129. The van der Waals surface area contributed by atoms with Crippen molar-refractivity contribution in [2.75, 3.05) is 11.9 Å². The number of hydrogen-bond donors (Lipinski definition) is 2. The van der Waals surface area contributed by atoms with E-state index in [0.29, 0.717) is 29.9 Å². The van der Waals surface area contributed by atoms with Crippen LogP contribution in [0, 0.1) is 23.2 Å². The topological polar surface area (TPSA) is 77.8 Å². The molecule has 0 bridgehead atoms. The number of anilines is 1. The summed E-state index contributed by atoms with van der Waals surface area (Å²) in [5.41, 5.74) is 0.527. The number of piperidine rings is 1. The number of carbonyl (C=O) groups excluding carboxylic acids is 1. The fourth-order valence-corrected chi connectivity index (χ4v) is 3.75. The van der Waals surface area contributed by atoms with Gasteiger partial charge in [-0.15, -0.1) is 11.6 Å². The van der Waals surface area contributed by atoms with Crippen LogP contribution < -0.4 is 10.6 Å². The molecule has 1 amide bonds. The number of pyridine rings is 1. The van der Waals surface area contributed by atoms with Crippen molar-refractivity contribution in [1.82, 2.24) is 10.3 Å². The van der Waals surface area contributed by atoms with Gasteiger partial charge in [0, 0.05) is 24.2 Å². The molecule has 22 heavy (non-hydrogen) atoms. The van der Waals surface area contributed by atoms with E-state index in [2.05, 4.69) is 15.6 Å². The Morgan fingerprint density at radius 1 is 1.41 bits per heavy atom. The van der Waals surface area contributed by atoms with E-state index >= 15 is 0 Å². The van der Waals surface area contributed by atoms with Crippen molar-refractivity contribution >= 4 is 23.3 Å². The first kappa shape index (κ1) is 15.1. The quantitative estimate of drug-likeness (QED) is 0.838. The largest absolute Gasteiger partial charge is 0.369 e. The maximum atomic E-state index is 12.2. The van der Waals surface area contributed by atoms with Gasteiger partial charge in [0.2, 0.25) is 5.91 Å². The Balaban J connectivity index is 1.57. The molecule has 0 spiro atoms.